The van der Waals surface area contributed by atoms with E-state index in [-0.39, 0.29) is 26.1 Å². The molecule has 180 valence electrons. The van der Waals surface area contributed by atoms with Gasteiger partial charge in [-0.25, -0.2) is 0 Å². The number of hydrogen-bond acceptors (Lipinski definition) is 8. The summed E-state index contributed by atoms with van der Waals surface area (Å²) in [4.78, 5) is 0. The molecule has 1 aromatic rings. The van der Waals surface area contributed by atoms with Crippen LogP contribution >= 0.6 is 0 Å². The minimum Gasteiger partial charge on any atom is -0.394 e. The maximum Gasteiger partial charge on any atom is 0.186 e. The molecule has 1 saturated carbocycles. The molecule has 0 bridgehead atoms. The molecule has 3 aliphatic rings. The molecule has 0 radical (unpaired) electrons. The van der Waals surface area contributed by atoms with E-state index in [1.54, 1.807) is 0 Å². The largest absolute Gasteiger partial charge is 0.394 e. The third-order valence-corrected chi connectivity index (χ3v) is 7.06. The topological polar surface area (TPSA) is 129 Å². The fourth-order valence-electron chi connectivity index (χ4n) is 5.21. The van der Waals surface area contributed by atoms with Gasteiger partial charge in [-0.05, 0) is 29.9 Å². The normalized spacial score (nSPS) is 39.2. The number of aliphatic hydroxyl groups excluding tert-OH is 5. The van der Waals surface area contributed by atoms with E-state index in [0.717, 1.165) is 18.4 Å². The molecular weight excluding hydrogens is 416 g/mol. The standard InChI is InChI=1S/C24H36O8/c25-12-17-10-19(27)21(28)24(31-17)32-20-11-18(13-26)30-23(22(20)29)16-8-4-7-15(9-16)14-5-2-1-3-6-14/h4,7-9,14,17-29H,1-3,5-6,10-13H2/t17?,18?,19?,20?,21?,22?,23-,24-/m1/s1. The third-order valence-electron chi connectivity index (χ3n) is 7.06. The monoisotopic (exact) mass is 452 g/mol. The van der Waals surface area contributed by atoms with Crippen molar-refractivity contribution in [2.24, 2.45) is 0 Å². The smallest absolute Gasteiger partial charge is 0.186 e. The fraction of sp³-hybridized carbons (Fsp3) is 0.750. The first-order valence-electron chi connectivity index (χ1n) is 11.8. The van der Waals surface area contributed by atoms with E-state index in [1.807, 2.05) is 12.1 Å². The van der Waals surface area contributed by atoms with Gasteiger partial charge in [0.05, 0.1) is 37.6 Å². The third kappa shape index (κ3) is 5.34. The zero-order valence-electron chi connectivity index (χ0n) is 18.3. The molecule has 0 amide bonds. The highest BCUT2D eigenvalue weighted by Gasteiger charge is 2.44. The lowest BCUT2D eigenvalue weighted by Crippen LogP contribution is -2.54. The van der Waals surface area contributed by atoms with Crippen molar-refractivity contribution in [2.75, 3.05) is 13.2 Å². The maximum absolute atomic E-state index is 11.1. The lowest BCUT2D eigenvalue weighted by atomic mass is 9.82. The van der Waals surface area contributed by atoms with Gasteiger partial charge < -0.3 is 39.7 Å². The van der Waals surface area contributed by atoms with Gasteiger partial charge in [0, 0.05) is 12.8 Å². The molecule has 2 aliphatic heterocycles. The zero-order valence-corrected chi connectivity index (χ0v) is 18.3. The van der Waals surface area contributed by atoms with Crippen molar-refractivity contribution in [1.82, 2.24) is 0 Å². The second kappa shape index (κ2) is 10.9. The first kappa shape index (κ1) is 24.0. The van der Waals surface area contributed by atoms with Gasteiger partial charge in [-0.2, -0.15) is 0 Å². The minimum absolute atomic E-state index is 0.101. The summed E-state index contributed by atoms with van der Waals surface area (Å²) in [6, 6.07) is 8.09. The van der Waals surface area contributed by atoms with Crippen LogP contribution in [-0.4, -0.2) is 81.7 Å². The van der Waals surface area contributed by atoms with Gasteiger partial charge in [-0.1, -0.05) is 43.5 Å². The zero-order chi connectivity index (χ0) is 22.7. The Balaban J connectivity index is 1.51. The van der Waals surface area contributed by atoms with Crippen LogP contribution in [0.5, 0.6) is 0 Å². The number of ether oxygens (including phenoxy) is 3. The maximum atomic E-state index is 11.1. The van der Waals surface area contributed by atoms with Crippen LogP contribution in [0.3, 0.4) is 0 Å². The van der Waals surface area contributed by atoms with Crippen molar-refractivity contribution < 1.29 is 39.7 Å². The van der Waals surface area contributed by atoms with E-state index in [1.165, 1.54) is 24.8 Å². The number of benzene rings is 1. The molecule has 5 N–H and O–H groups in total. The van der Waals surface area contributed by atoms with Crippen molar-refractivity contribution in [3.8, 4) is 0 Å². The summed E-state index contributed by atoms with van der Waals surface area (Å²) in [5, 5.41) is 50.7. The molecule has 8 atom stereocenters. The first-order chi connectivity index (χ1) is 15.5. The average Bonchev–Trinajstić information content (AvgIpc) is 2.83. The second-order valence-electron chi connectivity index (χ2n) is 9.37. The van der Waals surface area contributed by atoms with Crippen LogP contribution in [0.2, 0.25) is 0 Å². The van der Waals surface area contributed by atoms with Crippen molar-refractivity contribution in [3.63, 3.8) is 0 Å². The van der Waals surface area contributed by atoms with Gasteiger partial charge in [-0.15, -0.1) is 0 Å². The highest BCUT2D eigenvalue weighted by molar-refractivity contribution is 5.29. The SMILES string of the molecule is OCC1CC(O)C(O)[C@@H](OC2CC(CO)O[C@H](c3cccc(C4CCCCC4)c3)C2O)O1. The molecule has 2 heterocycles. The Kier molecular flexibility index (Phi) is 8.18. The lowest BCUT2D eigenvalue weighted by molar-refractivity contribution is -0.309. The number of aliphatic hydroxyl groups is 5. The Bertz CT molecular complexity index is 724. The van der Waals surface area contributed by atoms with Crippen LogP contribution in [0, 0.1) is 0 Å². The molecule has 3 fully saturated rings. The van der Waals surface area contributed by atoms with E-state index in [2.05, 4.69) is 12.1 Å². The van der Waals surface area contributed by atoms with Gasteiger partial charge >= 0.3 is 0 Å². The van der Waals surface area contributed by atoms with Crippen molar-refractivity contribution >= 4 is 0 Å². The van der Waals surface area contributed by atoms with Gasteiger partial charge in [0.25, 0.3) is 0 Å². The van der Waals surface area contributed by atoms with Crippen LogP contribution in [0.25, 0.3) is 0 Å². The summed E-state index contributed by atoms with van der Waals surface area (Å²) in [5.41, 5.74) is 2.06. The van der Waals surface area contributed by atoms with Crippen LogP contribution in [0.1, 0.15) is 68.1 Å². The Morgan fingerprint density at radius 1 is 0.844 bits per heavy atom. The second-order valence-corrected chi connectivity index (χ2v) is 9.37. The fourth-order valence-corrected chi connectivity index (χ4v) is 5.21. The molecule has 8 nitrogen and oxygen atoms in total. The Hall–Kier alpha value is -1.10. The van der Waals surface area contributed by atoms with E-state index >= 15 is 0 Å². The molecule has 1 aromatic carbocycles. The van der Waals surface area contributed by atoms with Crippen LogP contribution in [0.15, 0.2) is 24.3 Å². The van der Waals surface area contributed by atoms with Crippen molar-refractivity contribution in [3.05, 3.63) is 35.4 Å². The Morgan fingerprint density at radius 3 is 2.25 bits per heavy atom. The minimum atomic E-state index is -1.30. The summed E-state index contributed by atoms with van der Waals surface area (Å²) >= 11 is 0. The van der Waals surface area contributed by atoms with Gasteiger partial charge in [0.1, 0.15) is 18.3 Å². The average molecular weight is 453 g/mol. The number of hydrogen-bond donors (Lipinski definition) is 5. The van der Waals surface area contributed by atoms with Crippen molar-refractivity contribution in [1.29, 1.82) is 0 Å². The predicted octanol–water partition coefficient (Wildman–Crippen LogP) is 1.13. The van der Waals surface area contributed by atoms with Gasteiger partial charge in [0.15, 0.2) is 6.29 Å². The molecule has 6 unspecified atom stereocenters. The highest BCUT2D eigenvalue weighted by Crippen LogP contribution is 2.38. The molecule has 0 spiro atoms. The van der Waals surface area contributed by atoms with E-state index in [0.29, 0.717) is 5.92 Å². The summed E-state index contributed by atoms with van der Waals surface area (Å²) < 4.78 is 17.5. The Labute approximate surface area is 188 Å². The van der Waals surface area contributed by atoms with Gasteiger partial charge in [-0.3, -0.25) is 0 Å². The number of rotatable bonds is 6. The summed E-state index contributed by atoms with van der Waals surface area (Å²) in [6.45, 7) is -0.544. The Morgan fingerprint density at radius 2 is 1.53 bits per heavy atom. The van der Waals surface area contributed by atoms with E-state index in [9.17, 15) is 25.5 Å². The van der Waals surface area contributed by atoms with Gasteiger partial charge in [0.2, 0.25) is 0 Å². The predicted molar refractivity (Wildman–Crippen MR) is 115 cm³/mol. The quantitative estimate of drug-likeness (QED) is 0.435. The molecule has 1 aliphatic carbocycles. The molecule has 0 aromatic heterocycles. The highest BCUT2D eigenvalue weighted by atomic mass is 16.7. The summed E-state index contributed by atoms with van der Waals surface area (Å²) in [5.74, 6) is 0.507. The van der Waals surface area contributed by atoms with Crippen molar-refractivity contribution in [2.45, 2.75) is 99.9 Å². The molecule has 2 saturated heterocycles. The molecular formula is C24H36O8. The lowest BCUT2D eigenvalue weighted by Gasteiger charge is -2.43. The van der Waals surface area contributed by atoms with E-state index in [4.69, 9.17) is 14.2 Å². The summed E-state index contributed by atoms with van der Waals surface area (Å²) in [6.07, 6.45) is -0.973. The van der Waals surface area contributed by atoms with E-state index < -0.39 is 49.0 Å². The molecule has 32 heavy (non-hydrogen) atoms. The van der Waals surface area contributed by atoms with Crippen LogP contribution in [0.4, 0.5) is 0 Å². The first-order valence-corrected chi connectivity index (χ1v) is 11.8. The van der Waals surface area contributed by atoms with Crippen LogP contribution in [-0.2, 0) is 14.2 Å². The summed E-state index contributed by atoms with van der Waals surface area (Å²) in [7, 11) is 0. The van der Waals surface area contributed by atoms with Crippen LogP contribution < -0.4 is 0 Å². The molecule has 4 rings (SSSR count). The molecule has 8 heteroatoms.